The van der Waals surface area contributed by atoms with E-state index in [0.29, 0.717) is 13.1 Å². The minimum Gasteiger partial charge on any atom is -0.465 e. The number of nitrogens with zero attached hydrogens (tertiary/aromatic N) is 1. The van der Waals surface area contributed by atoms with Crippen molar-refractivity contribution < 1.29 is 24.2 Å². The van der Waals surface area contributed by atoms with Gasteiger partial charge in [-0.3, -0.25) is 0 Å². The fraction of sp³-hybridized carbons (Fsp3) is 0.882. The van der Waals surface area contributed by atoms with Gasteiger partial charge in [0.2, 0.25) is 0 Å². The van der Waals surface area contributed by atoms with Crippen LogP contribution in [0, 0.1) is 0 Å². The normalized spacial score (nSPS) is 30.8. The summed E-state index contributed by atoms with van der Waals surface area (Å²) < 4.78 is 11.1. The average Bonchev–Trinajstić information content (AvgIpc) is 2.91. The first-order valence-corrected chi connectivity index (χ1v) is 9.12. The lowest BCUT2D eigenvalue weighted by atomic mass is 10.0. The lowest BCUT2D eigenvalue weighted by Gasteiger charge is -2.41. The van der Waals surface area contributed by atoms with Crippen molar-refractivity contribution in [3.63, 3.8) is 0 Å². The first kappa shape index (κ1) is 20.7. The minimum absolute atomic E-state index is 0.111. The molecule has 2 amide bonds. The van der Waals surface area contributed by atoms with Gasteiger partial charge in [-0.05, 0) is 40.7 Å². The summed E-state index contributed by atoms with van der Waals surface area (Å²) in [5.74, 6) is 0. The van der Waals surface area contributed by atoms with Crippen LogP contribution in [0.1, 0.15) is 34.1 Å². The predicted octanol–water partition coefficient (Wildman–Crippen LogP) is 0.600. The molecule has 3 aliphatic rings. The number of amides is 2. The predicted molar refractivity (Wildman–Crippen MR) is 96.4 cm³/mol. The second-order valence-electron chi connectivity index (χ2n) is 8.34. The second-order valence-corrected chi connectivity index (χ2v) is 8.34. The van der Waals surface area contributed by atoms with Crippen LogP contribution in [-0.2, 0) is 9.47 Å². The maximum atomic E-state index is 11.9. The van der Waals surface area contributed by atoms with E-state index in [9.17, 15) is 9.59 Å². The van der Waals surface area contributed by atoms with E-state index in [4.69, 9.17) is 14.6 Å². The van der Waals surface area contributed by atoms with E-state index in [1.807, 2.05) is 27.7 Å². The summed E-state index contributed by atoms with van der Waals surface area (Å²) in [4.78, 5) is 23.8. The summed E-state index contributed by atoms with van der Waals surface area (Å²) in [5.41, 5.74) is -0.672. The quantitative estimate of drug-likeness (QED) is 0.533. The number of morpholine rings is 2. The summed E-state index contributed by atoms with van der Waals surface area (Å²) in [6.45, 7) is 12.1. The molecule has 3 rings (SSSR count). The molecule has 9 heteroatoms. The maximum absolute atomic E-state index is 11.9. The summed E-state index contributed by atoms with van der Waals surface area (Å²) in [7, 11) is 0. The number of nitrogens with one attached hydrogen (secondary N) is 3. The van der Waals surface area contributed by atoms with Crippen LogP contribution in [0.2, 0.25) is 0 Å². The Morgan fingerprint density at radius 3 is 2.31 bits per heavy atom. The van der Waals surface area contributed by atoms with Crippen molar-refractivity contribution in [3.8, 4) is 0 Å². The van der Waals surface area contributed by atoms with Gasteiger partial charge in [0.05, 0.1) is 30.8 Å². The van der Waals surface area contributed by atoms with Crippen LogP contribution in [-0.4, -0.2) is 84.8 Å². The van der Waals surface area contributed by atoms with Crippen molar-refractivity contribution in [2.75, 3.05) is 39.3 Å². The molecule has 0 spiro atoms. The molecule has 0 aliphatic carbocycles. The molecule has 9 nitrogen and oxygen atoms in total. The lowest BCUT2D eigenvalue weighted by molar-refractivity contribution is -0.102. The highest BCUT2D eigenvalue weighted by molar-refractivity contribution is 5.68. The Kier molecular flexibility index (Phi) is 6.70. The molecule has 2 unspecified atom stereocenters. The van der Waals surface area contributed by atoms with Gasteiger partial charge in [0.15, 0.2) is 0 Å². The highest BCUT2D eigenvalue weighted by Gasteiger charge is 2.35. The third-order valence-electron chi connectivity index (χ3n) is 4.41. The van der Waals surface area contributed by atoms with E-state index in [-0.39, 0.29) is 23.8 Å². The molecular formula is C17H32N4O5. The fourth-order valence-corrected chi connectivity index (χ4v) is 3.21. The largest absolute Gasteiger partial charge is 0.465 e. The Hall–Kier alpha value is -1.58. The topological polar surface area (TPSA) is 112 Å². The first-order valence-electron chi connectivity index (χ1n) is 9.12. The van der Waals surface area contributed by atoms with Gasteiger partial charge in [-0.1, -0.05) is 0 Å². The molecular weight excluding hydrogens is 340 g/mol. The molecule has 26 heavy (non-hydrogen) atoms. The van der Waals surface area contributed by atoms with Crippen molar-refractivity contribution in [3.05, 3.63) is 0 Å². The van der Waals surface area contributed by atoms with Gasteiger partial charge >= 0.3 is 12.2 Å². The van der Waals surface area contributed by atoms with E-state index >= 15 is 0 Å². The molecule has 3 heterocycles. The maximum Gasteiger partial charge on any atom is 0.410 e. The summed E-state index contributed by atoms with van der Waals surface area (Å²) in [5, 5.41) is 17.3. The van der Waals surface area contributed by atoms with E-state index < -0.39 is 11.7 Å². The molecule has 0 aromatic heterocycles. The molecule has 4 N–H and O–H groups in total. The van der Waals surface area contributed by atoms with Gasteiger partial charge < -0.3 is 35.4 Å². The van der Waals surface area contributed by atoms with Crippen LogP contribution < -0.4 is 16.0 Å². The van der Waals surface area contributed by atoms with Crippen LogP contribution in [0.15, 0.2) is 0 Å². The van der Waals surface area contributed by atoms with Gasteiger partial charge in [-0.2, -0.15) is 0 Å². The van der Waals surface area contributed by atoms with Crippen LogP contribution in [0.3, 0.4) is 0 Å². The zero-order valence-electron chi connectivity index (χ0n) is 16.1. The van der Waals surface area contributed by atoms with Gasteiger partial charge in [0.1, 0.15) is 5.60 Å². The Morgan fingerprint density at radius 1 is 1.23 bits per heavy atom. The van der Waals surface area contributed by atoms with Gasteiger partial charge in [0.25, 0.3) is 0 Å². The van der Waals surface area contributed by atoms with Crippen molar-refractivity contribution in [1.82, 2.24) is 20.9 Å². The van der Waals surface area contributed by atoms with Crippen molar-refractivity contribution in [2.24, 2.45) is 0 Å². The average molecular weight is 372 g/mol. The Morgan fingerprint density at radius 2 is 1.85 bits per heavy atom. The van der Waals surface area contributed by atoms with Gasteiger partial charge in [-0.25, -0.2) is 9.59 Å². The highest BCUT2D eigenvalue weighted by Crippen LogP contribution is 2.17. The number of ether oxygens (including phenoxy) is 2. The van der Waals surface area contributed by atoms with Gasteiger partial charge in [-0.15, -0.1) is 0 Å². The summed E-state index contributed by atoms with van der Waals surface area (Å²) in [6, 6.07) is 0. The zero-order chi connectivity index (χ0) is 19.4. The SMILES string of the molecule is CC(C)(C)OC(=O)N1CC2CNCC(C1)O2.C[C@@]1(NC(=O)O)CCNC1. The molecule has 2 bridgehead atoms. The van der Waals surface area contributed by atoms with Crippen molar-refractivity contribution >= 4 is 12.2 Å². The lowest BCUT2D eigenvalue weighted by Crippen LogP contribution is -2.59. The Labute approximate surface area is 154 Å². The number of fused-ring (bicyclic) bond motifs is 2. The molecule has 0 saturated carbocycles. The number of hydrogen-bond acceptors (Lipinski definition) is 6. The zero-order valence-corrected chi connectivity index (χ0v) is 16.1. The number of rotatable bonds is 1. The highest BCUT2D eigenvalue weighted by atomic mass is 16.6. The smallest absolute Gasteiger partial charge is 0.410 e. The Balaban J connectivity index is 0.000000209. The standard InChI is InChI=1S/C11H20N2O3.C6H12N2O2/c1-11(2,3)16-10(14)13-6-8-4-12-5-9(7-13)15-8;1-6(8-5(9)10)2-3-7-4-6/h8-9,12H,4-7H2,1-3H3;7-8H,2-4H2,1H3,(H,9,10)/t;6-/m.1/s1. The van der Waals surface area contributed by atoms with Crippen LogP contribution in [0.5, 0.6) is 0 Å². The molecule has 3 fully saturated rings. The first-order chi connectivity index (χ1) is 12.1. The van der Waals surface area contributed by atoms with Crippen molar-refractivity contribution in [1.29, 1.82) is 0 Å². The van der Waals surface area contributed by atoms with Gasteiger partial charge in [0, 0.05) is 19.6 Å². The third kappa shape index (κ3) is 6.62. The van der Waals surface area contributed by atoms with Crippen LogP contribution in [0.4, 0.5) is 9.59 Å². The third-order valence-corrected chi connectivity index (χ3v) is 4.41. The molecule has 3 atom stereocenters. The second kappa shape index (κ2) is 8.41. The minimum atomic E-state index is -0.939. The summed E-state index contributed by atoms with van der Waals surface area (Å²) >= 11 is 0. The number of carbonyl (C=O) groups excluding carboxylic acids is 1. The number of carboxylic acid groups (broad SMARTS) is 1. The van der Waals surface area contributed by atoms with E-state index in [2.05, 4.69) is 16.0 Å². The monoisotopic (exact) mass is 372 g/mol. The molecule has 3 saturated heterocycles. The van der Waals surface area contributed by atoms with Crippen LogP contribution in [0.25, 0.3) is 0 Å². The number of hydrogen-bond donors (Lipinski definition) is 4. The van der Waals surface area contributed by atoms with E-state index in [0.717, 1.165) is 32.6 Å². The fourth-order valence-electron chi connectivity index (χ4n) is 3.21. The molecule has 0 aromatic rings. The molecule has 0 aromatic carbocycles. The van der Waals surface area contributed by atoms with Crippen molar-refractivity contribution in [2.45, 2.75) is 57.5 Å². The van der Waals surface area contributed by atoms with E-state index in [1.165, 1.54) is 0 Å². The molecule has 150 valence electrons. The van der Waals surface area contributed by atoms with Crippen LogP contribution >= 0.6 is 0 Å². The molecule has 3 aliphatic heterocycles. The summed E-state index contributed by atoms with van der Waals surface area (Å²) in [6.07, 6.45) is -0.0711. The van der Waals surface area contributed by atoms with E-state index in [1.54, 1.807) is 4.90 Å². The molecule has 0 radical (unpaired) electrons. The number of carbonyl (C=O) groups is 2. The Bertz CT molecular complexity index is 490.